The summed E-state index contributed by atoms with van der Waals surface area (Å²) in [7, 11) is 0. The maximum Gasteiger partial charge on any atom is 0.126 e. The van der Waals surface area contributed by atoms with Crippen molar-refractivity contribution in [3.63, 3.8) is 0 Å². The normalized spacial score (nSPS) is 14.4. The van der Waals surface area contributed by atoms with Crippen LogP contribution in [0.5, 0.6) is 0 Å². The Labute approximate surface area is 102 Å². The molecule has 94 valence electrons. The zero-order chi connectivity index (χ0) is 12.9. The Bertz CT molecular complexity index is 370. The fourth-order valence-electron chi connectivity index (χ4n) is 1.80. The van der Waals surface area contributed by atoms with E-state index in [9.17, 15) is 8.78 Å². The third-order valence-corrected chi connectivity index (χ3v) is 2.80. The fraction of sp³-hybridized carbons (Fsp3) is 0.429. The van der Waals surface area contributed by atoms with Crippen LogP contribution in [0.15, 0.2) is 30.9 Å². The van der Waals surface area contributed by atoms with Crippen LogP contribution in [0.3, 0.4) is 0 Å². The van der Waals surface area contributed by atoms with Gasteiger partial charge in [0.1, 0.15) is 11.6 Å². The molecule has 1 aromatic rings. The van der Waals surface area contributed by atoms with Gasteiger partial charge in [-0.2, -0.15) is 0 Å². The van der Waals surface area contributed by atoms with Crippen LogP contribution >= 0.6 is 0 Å². The number of nitrogens with one attached hydrogen (secondary N) is 1. The predicted octanol–water partition coefficient (Wildman–Crippen LogP) is 3.31. The van der Waals surface area contributed by atoms with Crippen molar-refractivity contribution in [1.82, 2.24) is 5.32 Å². The summed E-state index contributed by atoms with van der Waals surface area (Å²) in [5.74, 6) is -1.07. The van der Waals surface area contributed by atoms with Crippen LogP contribution in [-0.4, -0.2) is 13.1 Å². The van der Waals surface area contributed by atoms with Gasteiger partial charge in [0, 0.05) is 18.0 Å². The van der Waals surface area contributed by atoms with Crippen molar-refractivity contribution < 1.29 is 8.78 Å². The van der Waals surface area contributed by atoms with Crippen LogP contribution in [0.25, 0.3) is 0 Å². The van der Waals surface area contributed by atoms with Crippen LogP contribution in [0.4, 0.5) is 8.78 Å². The van der Waals surface area contributed by atoms with Crippen molar-refractivity contribution in [2.24, 2.45) is 5.41 Å². The van der Waals surface area contributed by atoms with E-state index in [0.717, 1.165) is 19.2 Å². The molecular formula is C14H19F2N. The number of benzene rings is 1. The van der Waals surface area contributed by atoms with Gasteiger partial charge in [0.15, 0.2) is 0 Å². The van der Waals surface area contributed by atoms with Crippen LogP contribution in [0, 0.1) is 17.0 Å². The third kappa shape index (κ3) is 4.27. The van der Waals surface area contributed by atoms with E-state index < -0.39 is 11.6 Å². The number of rotatable bonds is 6. The van der Waals surface area contributed by atoms with Crippen molar-refractivity contribution >= 4 is 0 Å². The number of hydrogen-bond donors (Lipinski definition) is 1. The lowest BCUT2D eigenvalue weighted by atomic mass is 9.83. The summed E-state index contributed by atoms with van der Waals surface area (Å²) in [5.41, 5.74) is 0.457. The van der Waals surface area contributed by atoms with Crippen LogP contribution in [-0.2, 0) is 6.42 Å². The lowest BCUT2D eigenvalue weighted by molar-refractivity contribution is 0.394. The molecule has 0 heterocycles. The highest BCUT2D eigenvalue weighted by atomic mass is 19.1. The van der Waals surface area contributed by atoms with E-state index >= 15 is 0 Å². The molecule has 1 nitrogen and oxygen atoms in total. The second-order valence-corrected chi connectivity index (χ2v) is 4.59. The minimum absolute atomic E-state index is 0.198. The van der Waals surface area contributed by atoms with Gasteiger partial charge < -0.3 is 5.32 Å². The lowest BCUT2D eigenvalue weighted by Gasteiger charge is -2.26. The molecule has 1 aromatic carbocycles. The zero-order valence-corrected chi connectivity index (χ0v) is 10.4. The lowest BCUT2D eigenvalue weighted by Crippen LogP contribution is -2.32. The molecule has 1 atom stereocenters. The molecule has 1 N–H and O–H groups in total. The average molecular weight is 239 g/mol. The Morgan fingerprint density at radius 3 is 2.35 bits per heavy atom. The Balaban J connectivity index is 2.82. The topological polar surface area (TPSA) is 12.0 Å². The predicted molar refractivity (Wildman–Crippen MR) is 66.9 cm³/mol. The summed E-state index contributed by atoms with van der Waals surface area (Å²) >= 11 is 0. The highest BCUT2D eigenvalue weighted by molar-refractivity contribution is 5.20. The molecule has 3 heteroatoms. The van der Waals surface area contributed by atoms with Crippen LogP contribution < -0.4 is 5.32 Å². The first-order valence-corrected chi connectivity index (χ1v) is 5.78. The summed E-state index contributed by atoms with van der Waals surface area (Å²) in [6, 6.07) is 3.63. The van der Waals surface area contributed by atoms with Gasteiger partial charge in [0.2, 0.25) is 0 Å². The molecule has 0 aliphatic heterocycles. The molecule has 0 bridgehead atoms. The molecule has 17 heavy (non-hydrogen) atoms. The smallest absolute Gasteiger partial charge is 0.126 e. The van der Waals surface area contributed by atoms with Crippen LogP contribution in [0.1, 0.15) is 19.4 Å². The van der Waals surface area contributed by atoms with Gasteiger partial charge in [-0.1, -0.05) is 19.9 Å². The second kappa shape index (κ2) is 5.92. The Kier molecular flexibility index (Phi) is 4.82. The van der Waals surface area contributed by atoms with Gasteiger partial charge in [-0.25, -0.2) is 8.78 Å². The van der Waals surface area contributed by atoms with Gasteiger partial charge in [-0.15, -0.1) is 6.58 Å². The average Bonchev–Trinajstić information content (AvgIpc) is 2.25. The van der Waals surface area contributed by atoms with E-state index in [4.69, 9.17) is 0 Å². The van der Waals surface area contributed by atoms with Crippen LogP contribution in [0.2, 0.25) is 0 Å². The molecule has 1 unspecified atom stereocenters. The van der Waals surface area contributed by atoms with E-state index in [1.807, 2.05) is 19.9 Å². The van der Waals surface area contributed by atoms with Gasteiger partial charge in [-0.05, 0) is 30.7 Å². The molecule has 0 saturated heterocycles. The minimum Gasteiger partial charge on any atom is -0.316 e. The van der Waals surface area contributed by atoms with Gasteiger partial charge >= 0.3 is 0 Å². The molecule has 0 amide bonds. The van der Waals surface area contributed by atoms with Crippen molar-refractivity contribution in [2.75, 3.05) is 13.1 Å². The maximum absolute atomic E-state index is 13.1. The molecule has 0 fully saturated rings. The molecule has 0 radical (unpaired) electrons. The van der Waals surface area contributed by atoms with Crippen molar-refractivity contribution in [3.05, 3.63) is 48.1 Å². The summed E-state index contributed by atoms with van der Waals surface area (Å²) in [5, 5.41) is 3.23. The fourth-order valence-corrected chi connectivity index (χ4v) is 1.80. The van der Waals surface area contributed by atoms with Crippen molar-refractivity contribution in [3.8, 4) is 0 Å². The molecule has 0 aliphatic carbocycles. The first-order chi connectivity index (χ1) is 7.99. The summed E-state index contributed by atoms with van der Waals surface area (Å²) < 4.78 is 26.2. The number of hydrogen-bond acceptors (Lipinski definition) is 1. The standard InChI is InChI=1S/C14H19F2N/c1-4-14(3,10-17-5-2)9-11-6-12(15)8-13(16)7-11/h4,6-8,17H,1,5,9-10H2,2-3H3. The van der Waals surface area contributed by atoms with E-state index in [1.165, 1.54) is 12.1 Å². The van der Waals surface area contributed by atoms with Gasteiger partial charge in [0.05, 0.1) is 0 Å². The highest BCUT2D eigenvalue weighted by Gasteiger charge is 2.20. The van der Waals surface area contributed by atoms with Gasteiger partial charge in [-0.3, -0.25) is 0 Å². The monoisotopic (exact) mass is 239 g/mol. The molecule has 0 aromatic heterocycles. The molecule has 0 saturated carbocycles. The first-order valence-electron chi connectivity index (χ1n) is 5.78. The first kappa shape index (κ1) is 13.8. The summed E-state index contributed by atoms with van der Waals surface area (Å²) in [6.07, 6.45) is 2.40. The maximum atomic E-state index is 13.1. The Morgan fingerprint density at radius 2 is 1.88 bits per heavy atom. The minimum atomic E-state index is -0.533. The Hall–Kier alpha value is -1.22. The van der Waals surface area contributed by atoms with E-state index in [0.29, 0.717) is 12.0 Å². The van der Waals surface area contributed by atoms with Crippen molar-refractivity contribution in [2.45, 2.75) is 20.3 Å². The number of halogens is 2. The third-order valence-electron chi connectivity index (χ3n) is 2.80. The van der Waals surface area contributed by atoms with Gasteiger partial charge in [0.25, 0.3) is 0 Å². The molecule has 1 rings (SSSR count). The van der Waals surface area contributed by atoms with E-state index in [2.05, 4.69) is 11.9 Å². The zero-order valence-electron chi connectivity index (χ0n) is 10.4. The molecular weight excluding hydrogens is 220 g/mol. The summed E-state index contributed by atoms with van der Waals surface area (Å²) in [6.45, 7) is 9.44. The summed E-state index contributed by atoms with van der Waals surface area (Å²) in [4.78, 5) is 0. The quantitative estimate of drug-likeness (QED) is 0.751. The molecule has 0 spiro atoms. The van der Waals surface area contributed by atoms with E-state index in [-0.39, 0.29) is 5.41 Å². The van der Waals surface area contributed by atoms with E-state index in [1.54, 1.807) is 0 Å². The Morgan fingerprint density at radius 1 is 1.29 bits per heavy atom. The van der Waals surface area contributed by atoms with Crippen molar-refractivity contribution in [1.29, 1.82) is 0 Å². The molecule has 0 aliphatic rings. The second-order valence-electron chi connectivity index (χ2n) is 4.59. The SMILES string of the molecule is C=CC(C)(CNCC)Cc1cc(F)cc(F)c1. The highest BCUT2D eigenvalue weighted by Crippen LogP contribution is 2.24. The largest absolute Gasteiger partial charge is 0.316 e.